The molecule has 2 nitrogen and oxygen atoms in total. The van der Waals surface area contributed by atoms with Gasteiger partial charge in [-0.1, -0.05) is 19.9 Å². The van der Waals surface area contributed by atoms with Crippen molar-refractivity contribution in [2.45, 2.75) is 58.3 Å². The van der Waals surface area contributed by atoms with Crippen molar-refractivity contribution in [3.05, 3.63) is 29.6 Å². The molecule has 0 bridgehead atoms. The average Bonchev–Trinajstić information content (AvgIpc) is 2.82. The summed E-state index contributed by atoms with van der Waals surface area (Å²) >= 11 is 0. The molecular weight excluding hydrogens is 234 g/mol. The number of rotatable bonds is 2. The average molecular weight is 257 g/mol. The lowest BCUT2D eigenvalue weighted by atomic mass is 9.70. The number of nitrogens with zero attached hydrogens (tertiary/aromatic N) is 1. The number of fused-ring (bicyclic) bond motifs is 1. The fourth-order valence-electron chi connectivity index (χ4n) is 3.66. The van der Waals surface area contributed by atoms with Crippen LogP contribution in [0.1, 0.15) is 63.1 Å². The fraction of sp³-hybridized carbons (Fsp3) is 0.647. The van der Waals surface area contributed by atoms with Crippen LogP contribution < -0.4 is 0 Å². The monoisotopic (exact) mass is 257 g/mol. The predicted molar refractivity (Wildman–Crippen MR) is 76.0 cm³/mol. The molecule has 1 aromatic heterocycles. The first-order valence-electron chi connectivity index (χ1n) is 7.54. The molecular formula is C17H23NO. The smallest absolute Gasteiger partial charge is 0.145 e. The molecule has 19 heavy (non-hydrogen) atoms. The van der Waals surface area contributed by atoms with Gasteiger partial charge in [-0.2, -0.15) is 0 Å². The molecule has 102 valence electrons. The zero-order valence-electron chi connectivity index (χ0n) is 12.0. The van der Waals surface area contributed by atoms with E-state index in [0.717, 1.165) is 31.4 Å². The Hall–Kier alpha value is -1.18. The second-order valence-corrected chi connectivity index (χ2v) is 6.98. The van der Waals surface area contributed by atoms with Gasteiger partial charge >= 0.3 is 0 Å². The van der Waals surface area contributed by atoms with Crippen LogP contribution in [0.15, 0.2) is 18.3 Å². The van der Waals surface area contributed by atoms with E-state index < -0.39 is 0 Å². The Morgan fingerprint density at radius 2 is 2.00 bits per heavy atom. The van der Waals surface area contributed by atoms with Gasteiger partial charge in [-0.15, -0.1) is 0 Å². The van der Waals surface area contributed by atoms with Crippen molar-refractivity contribution < 1.29 is 4.79 Å². The van der Waals surface area contributed by atoms with Gasteiger partial charge in [0.25, 0.3) is 0 Å². The lowest BCUT2D eigenvalue weighted by molar-refractivity contribution is -0.126. The van der Waals surface area contributed by atoms with Gasteiger partial charge in [0.1, 0.15) is 5.78 Å². The first-order valence-corrected chi connectivity index (χ1v) is 7.54. The number of carbonyl (C=O) groups excluding carboxylic acids is 1. The lowest BCUT2D eigenvalue weighted by Gasteiger charge is -2.34. The number of ketones is 1. The Morgan fingerprint density at radius 1 is 1.26 bits per heavy atom. The van der Waals surface area contributed by atoms with Gasteiger partial charge < -0.3 is 0 Å². The number of Topliss-reactive ketones (excluding diaryl/α,β-unsaturated/α-hetero) is 1. The van der Waals surface area contributed by atoms with E-state index in [9.17, 15) is 4.79 Å². The van der Waals surface area contributed by atoms with Crippen LogP contribution in [-0.4, -0.2) is 10.8 Å². The Morgan fingerprint density at radius 3 is 2.74 bits per heavy atom. The maximum Gasteiger partial charge on any atom is 0.145 e. The quantitative estimate of drug-likeness (QED) is 0.804. The molecule has 1 aromatic rings. The third kappa shape index (κ3) is 2.45. The molecule has 3 rings (SSSR count). The van der Waals surface area contributed by atoms with Crippen LogP contribution in [0.3, 0.4) is 0 Å². The van der Waals surface area contributed by atoms with E-state index in [2.05, 4.69) is 24.9 Å². The minimum absolute atomic E-state index is 0.0856. The highest BCUT2D eigenvalue weighted by Gasteiger charge is 2.37. The van der Waals surface area contributed by atoms with Gasteiger partial charge in [0.15, 0.2) is 0 Å². The van der Waals surface area contributed by atoms with E-state index >= 15 is 0 Å². The van der Waals surface area contributed by atoms with Crippen LogP contribution in [0.5, 0.6) is 0 Å². The van der Waals surface area contributed by atoms with E-state index in [1.165, 1.54) is 18.4 Å². The molecule has 1 heterocycles. The number of aryl methyl sites for hydroxylation is 1. The zero-order valence-corrected chi connectivity index (χ0v) is 12.0. The fourth-order valence-corrected chi connectivity index (χ4v) is 3.66. The zero-order chi connectivity index (χ0) is 13.5. The molecule has 2 aliphatic carbocycles. The molecule has 2 heteroatoms. The number of hydrogen-bond acceptors (Lipinski definition) is 2. The summed E-state index contributed by atoms with van der Waals surface area (Å²) in [6.45, 7) is 4.64. The summed E-state index contributed by atoms with van der Waals surface area (Å²) in [4.78, 5) is 17.2. The van der Waals surface area contributed by atoms with Gasteiger partial charge in [0.2, 0.25) is 0 Å². The van der Waals surface area contributed by atoms with Crippen molar-refractivity contribution in [3.63, 3.8) is 0 Å². The first-order chi connectivity index (χ1) is 9.07. The van der Waals surface area contributed by atoms with E-state index in [-0.39, 0.29) is 11.8 Å². The molecule has 1 fully saturated rings. The van der Waals surface area contributed by atoms with Gasteiger partial charge in [0.05, 0.1) is 11.6 Å². The molecule has 0 aliphatic heterocycles. The molecule has 0 amide bonds. The van der Waals surface area contributed by atoms with Crippen LogP contribution in [-0.2, 0) is 11.2 Å². The van der Waals surface area contributed by atoms with Crippen LogP contribution in [0.25, 0.3) is 0 Å². The summed E-state index contributed by atoms with van der Waals surface area (Å²) in [7, 11) is 0. The maximum absolute atomic E-state index is 12.7. The Bertz CT molecular complexity index is 482. The van der Waals surface area contributed by atoms with Crippen molar-refractivity contribution >= 4 is 5.78 Å². The molecule has 1 atom stereocenters. The van der Waals surface area contributed by atoms with Crippen molar-refractivity contribution in [3.8, 4) is 0 Å². The molecule has 1 saturated carbocycles. The number of carbonyl (C=O) groups is 1. The normalized spacial score (nSPS) is 26.1. The molecule has 0 aromatic carbocycles. The lowest BCUT2D eigenvalue weighted by Crippen LogP contribution is -2.29. The molecule has 0 spiro atoms. The number of hydrogen-bond donors (Lipinski definition) is 0. The molecule has 0 N–H and O–H groups in total. The van der Waals surface area contributed by atoms with Crippen LogP contribution in [0.2, 0.25) is 0 Å². The number of pyridine rings is 1. The Kier molecular flexibility index (Phi) is 3.20. The van der Waals surface area contributed by atoms with Gasteiger partial charge in [-0.25, -0.2) is 0 Å². The predicted octanol–water partition coefficient (Wildman–Crippen LogP) is 3.90. The Balaban J connectivity index is 1.73. The second-order valence-electron chi connectivity index (χ2n) is 6.98. The highest BCUT2D eigenvalue weighted by atomic mass is 16.1. The number of aromatic nitrogens is 1. The first kappa shape index (κ1) is 12.8. The van der Waals surface area contributed by atoms with Crippen molar-refractivity contribution in [1.29, 1.82) is 0 Å². The summed E-state index contributed by atoms with van der Waals surface area (Å²) in [5.74, 6) is 0.835. The Labute approximate surface area is 115 Å². The minimum Gasteiger partial charge on any atom is -0.299 e. The second kappa shape index (κ2) is 4.73. The summed E-state index contributed by atoms with van der Waals surface area (Å²) < 4.78 is 0. The molecule has 1 unspecified atom stereocenters. The van der Waals surface area contributed by atoms with E-state index in [1.54, 1.807) is 0 Å². The summed E-state index contributed by atoms with van der Waals surface area (Å²) in [5, 5.41) is 0. The van der Waals surface area contributed by atoms with Crippen molar-refractivity contribution in [2.75, 3.05) is 0 Å². The van der Waals surface area contributed by atoms with Gasteiger partial charge in [-0.05, 0) is 55.6 Å². The van der Waals surface area contributed by atoms with Crippen molar-refractivity contribution in [2.24, 2.45) is 11.3 Å². The third-order valence-corrected chi connectivity index (χ3v) is 5.04. The van der Waals surface area contributed by atoms with Crippen LogP contribution >= 0.6 is 0 Å². The highest BCUT2D eigenvalue weighted by Crippen LogP contribution is 2.42. The van der Waals surface area contributed by atoms with Gasteiger partial charge in [-0.3, -0.25) is 9.78 Å². The van der Waals surface area contributed by atoms with E-state index in [1.807, 2.05) is 12.3 Å². The maximum atomic E-state index is 12.7. The standard InChI is InChI=1S/C17H23NO/c1-17(2)9-7-13(8-10-17)16(19)14-6-5-12-4-3-11-18-15(12)14/h3-4,11,13-14H,5-10H2,1-2H3. The molecule has 2 aliphatic rings. The van der Waals surface area contributed by atoms with Gasteiger partial charge in [0, 0.05) is 12.1 Å². The summed E-state index contributed by atoms with van der Waals surface area (Å²) in [5.41, 5.74) is 2.79. The minimum atomic E-state index is 0.0856. The SMILES string of the molecule is CC1(C)CCC(C(=O)C2CCc3cccnc32)CC1. The topological polar surface area (TPSA) is 30.0 Å². The molecule has 0 saturated heterocycles. The summed E-state index contributed by atoms with van der Waals surface area (Å²) in [6, 6.07) is 4.11. The van der Waals surface area contributed by atoms with E-state index in [4.69, 9.17) is 0 Å². The van der Waals surface area contributed by atoms with Crippen molar-refractivity contribution in [1.82, 2.24) is 4.98 Å². The van der Waals surface area contributed by atoms with E-state index in [0.29, 0.717) is 11.2 Å². The largest absolute Gasteiger partial charge is 0.299 e. The van der Waals surface area contributed by atoms with Crippen LogP contribution in [0.4, 0.5) is 0 Å². The highest BCUT2D eigenvalue weighted by molar-refractivity contribution is 5.88. The summed E-state index contributed by atoms with van der Waals surface area (Å²) in [6.07, 6.45) is 8.35. The third-order valence-electron chi connectivity index (χ3n) is 5.04. The molecule has 0 radical (unpaired) electrons. The van der Waals surface area contributed by atoms with Crippen LogP contribution in [0, 0.1) is 11.3 Å².